The SMILES string of the molecule is CC(C(=O)O)c1ccc2c(c1)OC(C)(C)O2. The molecule has 0 aliphatic carbocycles. The van der Waals surface area contributed by atoms with Gasteiger partial charge in [-0.3, -0.25) is 4.79 Å². The lowest BCUT2D eigenvalue weighted by atomic mass is 10.0. The number of carboxylic acid groups (broad SMARTS) is 1. The molecule has 2 rings (SSSR count). The maximum absolute atomic E-state index is 10.9. The van der Waals surface area contributed by atoms with Gasteiger partial charge in [0.25, 0.3) is 0 Å². The first kappa shape index (κ1) is 10.8. The summed E-state index contributed by atoms with van der Waals surface area (Å²) in [6.45, 7) is 5.27. The molecule has 4 nitrogen and oxygen atoms in total. The van der Waals surface area contributed by atoms with Gasteiger partial charge in [0.2, 0.25) is 5.79 Å². The second-order valence-corrected chi connectivity index (χ2v) is 4.37. The van der Waals surface area contributed by atoms with Crippen molar-refractivity contribution in [3.8, 4) is 11.5 Å². The number of benzene rings is 1. The first-order chi connectivity index (χ1) is 7.39. The average molecular weight is 222 g/mol. The highest BCUT2D eigenvalue weighted by atomic mass is 16.7. The second kappa shape index (κ2) is 3.40. The molecular formula is C12H14O4. The van der Waals surface area contributed by atoms with Gasteiger partial charge in [0.15, 0.2) is 11.5 Å². The Morgan fingerprint density at radius 2 is 1.94 bits per heavy atom. The maximum atomic E-state index is 10.9. The molecule has 16 heavy (non-hydrogen) atoms. The number of carbonyl (C=O) groups is 1. The van der Waals surface area contributed by atoms with Crippen LogP contribution in [0, 0.1) is 0 Å². The first-order valence-corrected chi connectivity index (χ1v) is 5.14. The molecule has 0 aromatic heterocycles. The van der Waals surface area contributed by atoms with Crippen LogP contribution in [0.1, 0.15) is 32.3 Å². The number of rotatable bonds is 2. The summed E-state index contributed by atoms with van der Waals surface area (Å²) < 4.78 is 11.1. The largest absolute Gasteiger partial charge is 0.481 e. The quantitative estimate of drug-likeness (QED) is 0.834. The Morgan fingerprint density at radius 3 is 2.56 bits per heavy atom. The van der Waals surface area contributed by atoms with Gasteiger partial charge in [-0.1, -0.05) is 6.07 Å². The van der Waals surface area contributed by atoms with Crippen LogP contribution in [0.3, 0.4) is 0 Å². The average Bonchev–Trinajstić information content (AvgIpc) is 2.48. The molecule has 0 amide bonds. The molecule has 0 fully saturated rings. The minimum atomic E-state index is -0.849. The summed E-state index contributed by atoms with van der Waals surface area (Å²) in [5.74, 6) is -0.800. The van der Waals surface area contributed by atoms with Crippen molar-refractivity contribution in [3.05, 3.63) is 23.8 Å². The fraction of sp³-hybridized carbons (Fsp3) is 0.417. The third kappa shape index (κ3) is 1.83. The van der Waals surface area contributed by atoms with Crippen LogP contribution >= 0.6 is 0 Å². The highest BCUT2D eigenvalue weighted by molar-refractivity contribution is 5.76. The van der Waals surface area contributed by atoms with Crippen LogP contribution in [-0.2, 0) is 4.79 Å². The van der Waals surface area contributed by atoms with Gasteiger partial charge in [-0.2, -0.15) is 0 Å². The van der Waals surface area contributed by atoms with Crippen LogP contribution in [0.5, 0.6) is 11.5 Å². The van der Waals surface area contributed by atoms with Crippen LogP contribution in [0.25, 0.3) is 0 Å². The zero-order valence-electron chi connectivity index (χ0n) is 9.48. The van der Waals surface area contributed by atoms with E-state index >= 15 is 0 Å². The molecule has 1 N–H and O–H groups in total. The van der Waals surface area contributed by atoms with Crippen molar-refractivity contribution in [1.82, 2.24) is 0 Å². The molecular weight excluding hydrogens is 208 g/mol. The van der Waals surface area contributed by atoms with E-state index in [9.17, 15) is 4.79 Å². The summed E-state index contributed by atoms with van der Waals surface area (Å²) in [5.41, 5.74) is 0.715. The maximum Gasteiger partial charge on any atom is 0.310 e. The van der Waals surface area contributed by atoms with Crippen LogP contribution in [0.15, 0.2) is 18.2 Å². The Morgan fingerprint density at radius 1 is 1.31 bits per heavy atom. The second-order valence-electron chi connectivity index (χ2n) is 4.37. The number of fused-ring (bicyclic) bond motifs is 1. The molecule has 1 aromatic carbocycles. The van der Waals surface area contributed by atoms with Gasteiger partial charge in [-0.05, 0) is 24.6 Å². The van der Waals surface area contributed by atoms with Gasteiger partial charge < -0.3 is 14.6 Å². The molecule has 1 atom stereocenters. The van der Waals surface area contributed by atoms with Gasteiger partial charge in [-0.25, -0.2) is 0 Å². The fourth-order valence-corrected chi connectivity index (χ4v) is 1.65. The predicted molar refractivity (Wildman–Crippen MR) is 57.8 cm³/mol. The minimum absolute atomic E-state index is 0.544. The fourth-order valence-electron chi connectivity index (χ4n) is 1.65. The zero-order chi connectivity index (χ0) is 11.9. The van der Waals surface area contributed by atoms with Gasteiger partial charge in [0.05, 0.1) is 5.92 Å². The van der Waals surface area contributed by atoms with Crippen molar-refractivity contribution < 1.29 is 19.4 Å². The molecule has 0 bridgehead atoms. The van der Waals surface area contributed by atoms with Crippen molar-refractivity contribution in [2.24, 2.45) is 0 Å². The van der Waals surface area contributed by atoms with Crippen molar-refractivity contribution in [1.29, 1.82) is 0 Å². The summed E-state index contributed by atoms with van der Waals surface area (Å²) in [6, 6.07) is 5.23. The van der Waals surface area contributed by atoms with E-state index in [0.29, 0.717) is 17.1 Å². The van der Waals surface area contributed by atoms with Crippen LogP contribution in [0.2, 0.25) is 0 Å². The smallest absolute Gasteiger partial charge is 0.310 e. The van der Waals surface area contributed by atoms with Gasteiger partial charge in [0, 0.05) is 13.8 Å². The van der Waals surface area contributed by atoms with Crippen molar-refractivity contribution in [3.63, 3.8) is 0 Å². The molecule has 1 heterocycles. The Balaban J connectivity index is 2.32. The third-order valence-corrected chi connectivity index (χ3v) is 2.55. The molecule has 0 saturated carbocycles. The normalized spacial score (nSPS) is 18.2. The summed E-state index contributed by atoms with van der Waals surface area (Å²) in [7, 11) is 0. The summed E-state index contributed by atoms with van der Waals surface area (Å²) in [6.07, 6.45) is 0. The monoisotopic (exact) mass is 222 g/mol. The highest BCUT2D eigenvalue weighted by Crippen LogP contribution is 2.40. The Kier molecular flexibility index (Phi) is 2.30. The minimum Gasteiger partial charge on any atom is -0.481 e. The molecule has 4 heteroatoms. The van der Waals surface area contributed by atoms with E-state index in [1.807, 2.05) is 13.8 Å². The van der Waals surface area contributed by atoms with E-state index in [0.717, 1.165) is 0 Å². The first-order valence-electron chi connectivity index (χ1n) is 5.14. The lowest BCUT2D eigenvalue weighted by molar-refractivity contribution is -0.138. The lowest BCUT2D eigenvalue weighted by Gasteiger charge is -2.16. The molecule has 0 spiro atoms. The summed E-state index contributed by atoms with van der Waals surface area (Å²) >= 11 is 0. The predicted octanol–water partition coefficient (Wildman–Crippen LogP) is 2.38. The Bertz CT molecular complexity index is 437. The molecule has 1 aromatic rings. The molecule has 86 valence electrons. The van der Waals surface area contributed by atoms with Crippen LogP contribution in [0.4, 0.5) is 0 Å². The summed E-state index contributed by atoms with van der Waals surface area (Å²) in [4.78, 5) is 10.9. The van der Waals surface area contributed by atoms with Gasteiger partial charge in [0.1, 0.15) is 0 Å². The third-order valence-electron chi connectivity index (χ3n) is 2.55. The molecule has 1 unspecified atom stereocenters. The zero-order valence-corrected chi connectivity index (χ0v) is 9.48. The van der Waals surface area contributed by atoms with Gasteiger partial charge >= 0.3 is 5.97 Å². The van der Waals surface area contributed by atoms with E-state index in [4.69, 9.17) is 14.6 Å². The topological polar surface area (TPSA) is 55.8 Å². The number of hydrogen-bond donors (Lipinski definition) is 1. The lowest BCUT2D eigenvalue weighted by Crippen LogP contribution is -2.29. The molecule has 1 aliphatic heterocycles. The van der Waals surface area contributed by atoms with E-state index < -0.39 is 17.7 Å². The van der Waals surface area contributed by atoms with Crippen LogP contribution < -0.4 is 9.47 Å². The number of ether oxygens (including phenoxy) is 2. The van der Waals surface area contributed by atoms with E-state index in [2.05, 4.69) is 0 Å². The standard InChI is InChI=1S/C12H14O4/c1-7(11(13)14)8-4-5-9-10(6-8)16-12(2,3)15-9/h4-7H,1-3H3,(H,13,14). The van der Waals surface area contributed by atoms with E-state index in [1.54, 1.807) is 25.1 Å². The van der Waals surface area contributed by atoms with Crippen LogP contribution in [-0.4, -0.2) is 16.9 Å². The Hall–Kier alpha value is -1.71. The van der Waals surface area contributed by atoms with Crippen molar-refractivity contribution in [2.45, 2.75) is 32.5 Å². The van der Waals surface area contributed by atoms with E-state index in [-0.39, 0.29) is 0 Å². The highest BCUT2D eigenvalue weighted by Gasteiger charge is 2.32. The molecule has 0 saturated heterocycles. The Labute approximate surface area is 93.8 Å². The number of aliphatic carboxylic acids is 1. The van der Waals surface area contributed by atoms with Crippen molar-refractivity contribution >= 4 is 5.97 Å². The van der Waals surface area contributed by atoms with Gasteiger partial charge in [-0.15, -0.1) is 0 Å². The number of carboxylic acids is 1. The summed E-state index contributed by atoms with van der Waals surface area (Å²) in [5, 5.41) is 8.91. The molecule has 1 aliphatic rings. The van der Waals surface area contributed by atoms with Crippen molar-refractivity contribution in [2.75, 3.05) is 0 Å². The molecule has 0 radical (unpaired) electrons. The van der Waals surface area contributed by atoms with E-state index in [1.165, 1.54) is 0 Å². The number of hydrogen-bond acceptors (Lipinski definition) is 3.